The SMILES string of the molecule is O=S(=O)(O)C(F)(C(F)(F)C(F)(F)C(F)(F)F)C(F)(F)C(F)(C(F)(F)F)C(F)(F)F. The Morgan fingerprint density at radius 3 is 0.897 bits per heavy atom. The lowest BCUT2D eigenvalue weighted by atomic mass is 9.87. The fourth-order valence-electron chi connectivity index (χ4n) is 1.64. The molecule has 0 aliphatic heterocycles. The van der Waals surface area contributed by atoms with Gasteiger partial charge in [0.1, 0.15) is 0 Å². The maximum absolute atomic E-state index is 13.9. The number of halogens is 17. The van der Waals surface area contributed by atoms with Crippen LogP contribution in [0.15, 0.2) is 0 Å². The van der Waals surface area contributed by atoms with E-state index < -0.39 is 57.1 Å². The van der Waals surface area contributed by atoms with Gasteiger partial charge in [0.05, 0.1) is 0 Å². The second kappa shape index (κ2) is 6.36. The molecule has 0 heterocycles. The Kier molecular flexibility index (Phi) is 6.08. The van der Waals surface area contributed by atoms with Gasteiger partial charge in [0.25, 0.3) is 0 Å². The molecule has 1 N–H and O–H groups in total. The van der Waals surface area contributed by atoms with Crippen LogP contribution >= 0.6 is 0 Å². The van der Waals surface area contributed by atoms with E-state index in [0.29, 0.717) is 0 Å². The second-order valence-electron chi connectivity index (χ2n) is 4.95. The summed E-state index contributed by atoms with van der Waals surface area (Å²) in [5.74, 6) is -26.4. The number of rotatable bonds is 5. The van der Waals surface area contributed by atoms with Gasteiger partial charge in [-0.25, -0.2) is 8.78 Å². The van der Waals surface area contributed by atoms with Crippen molar-refractivity contribution in [1.82, 2.24) is 0 Å². The zero-order valence-corrected chi connectivity index (χ0v) is 12.9. The van der Waals surface area contributed by atoms with Gasteiger partial charge in [-0.15, -0.1) is 0 Å². The average molecular weight is 500 g/mol. The maximum atomic E-state index is 13.9. The van der Waals surface area contributed by atoms with Gasteiger partial charge in [-0.05, 0) is 0 Å². The highest BCUT2D eigenvalue weighted by Gasteiger charge is 2.99. The smallest absolute Gasteiger partial charge is 0.283 e. The van der Waals surface area contributed by atoms with Gasteiger partial charge in [-0.3, -0.25) is 4.55 Å². The van der Waals surface area contributed by atoms with Crippen LogP contribution in [0.5, 0.6) is 0 Å². The third-order valence-corrected chi connectivity index (χ3v) is 4.35. The van der Waals surface area contributed by atoms with Gasteiger partial charge in [0.15, 0.2) is 0 Å². The van der Waals surface area contributed by atoms with E-state index in [2.05, 4.69) is 0 Å². The van der Waals surface area contributed by atoms with E-state index >= 15 is 0 Å². The van der Waals surface area contributed by atoms with E-state index in [1.54, 1.807) is 0 Å². The first-order chi connectivity index (χ1) is 12.0. The molecule has 1 unspecified atom stereocenters. The number of hydrogen-bond acceptors (Lipinski definition) is 2. The number of alkyl halides is 17. The van der Waals surface area contributed by atoms with E-state index in [-0.39, 0.29) is 0 Å². The molecule has 0 aromatic rings. The molecule has 0 rings (SSSR count). The van der Waals surface area contributed by atoms with Crippen LogP contribution in [0.1, 0.15) is 0 Å². The van der Waals surface area contributed by atoms with Crippen LogP contribution in [0, 0.1) is 0 Å². The molecule has 176 valence electrons. The Labute approximate surface area is 146 Å². The van der Waals surface area contributed by atoms with Crippen molar-refractivity contribution >= 4 is 10.1 Å². The molecule has 0 saturated heterocycles. The molecule has 0 amide bonds. The summed E-state index contributed by atoms with van der Waals surface area (Å²) in [6, 6.07) is 0. The summed E-state index contributed by atoms with van der Waals surface area (Å²) in [5, 5.41) is -8.86. The van der Waals surface area contributed by atoms with E-state index in [9.17, 15) is 83.1 Å². The van der Waals surface area contributed by atoms with Crippen LogP contribution in [0.2, 0.25) is 0 Å². The molecule has 0 fully saturated rings. The third kappa shape index (κ3) is 3.26. The van der Waals surface area contributed by atoms with Gasteiger partial charge >= 0.3 is 57.1 Å². The third-order valence-electron chi connectivity index (χ3n) is 3.13. The van der Waals surface area contributed by atoms with Crippen molar-refractivity contribution < 1.29 is 87.6 Å². The minimum Gasteiger partial charge on any atom is -0.283 e. The van der Waals surface area contributed by atoms with Crippen molar-refractivity contribution in [2.45, 2.75) is 47.0 Å². The monoisotopic (exact) mass is 500 g/mol. The second-order valence-corrected chi connectivity index (χ2v) is 6.46. The molecule has 21 heteroatoms. The molecule has 1 atom stereocenters. The molecule has 0 radical (unpaired) electrons. The lowest BCUT2D eigenvalue weighted by Crippen LogP contribution is -2.79. The molecule has 0 bridgehead atoms. The Bertz CT molecular complexity index is 713. The highest BCUT2D eigenvalue weighted by Crippen LogP contribution is 2.66. The van der Waals surface area contributed by atoms with Crippen molar-refractivity contribution in [3.05, 3.63) is 0 Å². The standard InChI is InChI=1S/C8HF17O3S/c9-1(6(17,18)19,7(20,21)22)2(10,11)5(16,29(26,27)28)3(12,13)4(14,15)8(23,24)25/h(H,26,27,28). The molecule has 0 aromatic carbocycles. The minimum absolute atomic E-state index is 7.97. The first kappa shape index (κ1) is 27.7. The van der Waals surface area contributed by atoms with E-state index in [1.807, 2.05) is 0 Å². The Morgan fingerprint density at radius 1 is 0.448 bits per heavy atom. The fourth-order valence-corrected chi connectivity index (χ4v) is 2.56. The van der Waals surface area contributed by atoms with Crippen LogP contribution in [0.25, 0.3) is 0 Å². The Morgan fingerprint density at radius 2 is 0.724 bits per heavy atom. The molecule has 0 aliphatic carbocycles. The fraction of sp³-hybridized carbons (Fsp3) is 1.00. The lowest BCUT2D eigenvalue weighted by molar-refractivity contribution is -0.437. The largest absolute Gasteiger partial charge is 0.460 e. The summed E-state index contributed by atoms with van der Waals surface area (Å²) in [7, 11) is -8.81. The first-order valence-electron chi connectivity index (χ1n) is 5.68. The summed E-state index contributed by atoms with van der Waals surface area (Å²) < 4.78 is 245. The van der Waals surface area contributed by atoms with Crippen molar-refractivity contribution in [2.75, 3.05) is 0 Å². The molecular weight excluding hydrogens is 499 g/mol. The zero-order valence-electron chi connectivity index (χ0n) is 12.1. The van der Waals surface area contributed by atoms with Gasteiger partial charge in [-0.1, -0.05) is 0 Å². The van der Waals surface area contributed by atoms with Gasteiger partial charge in [0, 0.05) is 0 Å². The van der Waals surface area contributed by atoms with E-state index in [4.69, 9.17) is 4.55 Å². The quantitative estimate of drug-likeness (QED) is 0.435. The average Bonchev–Trinajstić information content (AvgIpc) is 2.39. The normalized spacial score (nSPS) is 18.6. The van der Waals surface area contributed by atoms with Gasteiger partial charge in [0.2, 0.25) is 0 Å². The molecule has 29 heavy (non-hydrogen) atoms. The predicted octanol–water partition coefficient (Wildman–Crippen LogP) is 4.84. The number of hydrogen-bond donors (Lipinski definition) is 1. The first-order valence-corrected chi connectivity index (χ1v) is 7.12. The summed E-state index contributed by atoms with van der Waals surface area (Å²) in [6.07, 6.45) is -24.7. The summed E-state index contributed by atoms with van der Waals surface area (Å²) in [6.45, 7) is 0. The van der Waals surface area contributed by atoms with Crippen LogP contribution < -0.4 is 0 Å². The molecule has 0 aromatic heterocycles. The van der Waals surface area contributed by atoms with Crippen molar-refractivity contribution in [2.24, 2.45) is 0 Å². The van der Waals surface area contributed by atoms with Crippen molar-refractivity contribution in [1.29, 1.82) is 0 Å². The topological polar surface area (TPSA) is 54.4 Å². The lowest BCUT2D eigenvalue weighted by Gasteiger charge is -2.45. The van der Waals surface area contributed by atoms with E-state index in [1.165, 1.54) is 0 Å². The predicted molar refractivity (Wildman–Crippen MR) is 52.2 cm³/mol. The van der Waals surface area contributed by atoms with Crippen molar-refractivity contribution in [3.63, 3.8) is 0 Å². The van der Waals surface area contributed by atoms with Crippen LogP contribution in [0.4, 0.5) is 74.6 Å². The summed E-state index contributed by atoms with van der Waals surface area (Å²) in [5.41, 5.74) is -8.82. The Balaban J connectivity index is 7.66. The van der Waals surface area contributed by atoms with Gasteiger partial charge in [-0.2, -0.15) is 74.3 Å². The highest BCUT2D eigenvalue weighted by molar-refractivity contribution is 7.87. The Hall–Kier alpha value is -1.28. The summed E-state index contributed by atoms with van der Waals surface area (Å²) >= 11 is 0. The minimum atomic E-state index is -9.08. The maximum Gasteiger partial charge on any atom is 0.460 e. The zero-order chi connectivity index (χ0) is 24.5. The highest BCUT2D eigenvalue weighted by atomic mass is 32.2. The molecule has 0 saturated carbocycles. The van der Waals surface area contributed by atoms with E-state index in [0.717, 1.165) is 0 Å². The molecule has 3 nitrogen and oxygen atoms in total. The molecular formula is C8HF17O3S. The van der Waals surface area contributed by atoms with Gasteiger partial charge < -0.3 is 0 Å². The van der Waals surface area contributed by atoms with Crippen LogP contribution in [-0.2, 0) is 10.1 Å². The summed E-state index contributed by atoms with van der Waals surface area (Å²) in [4.78, 5) is 0. The molecule has 0 aliphatic rings. The van der Waals surface area contributed by atoms with Crippen molar-refractivity contribution in [3.8, 4) is 0 Å². The van der Waals surface area contributed by atoms with Crippen LogP contribution in [-0.4, -0.2) is 59.9 Å². The molecule has 0 spiro atoms. The van der Waals surface area contributed by atoms with Crippen LogP contribution in [0.3, 0.4) is 0 Å².